The smallest absolute Gasteiger partial charge is 0.379 e. The van der Waals surface area contributed by atoms with Crippen molar-refractivity contribution in [3.8, 4) is 33.5 Å². The lowest BCUT2D eigenvalue weighted by molar-refractivity contribution is -0.114. The molecule has 4 aromatic rings. The van der Waals surface area contributed by atoms with E-state index in [2.05, 4.69) is 25.9 Å². The van der Waals surface area contributed by atoms with E-state index in [9.17, 15) is 14.4 Å². The Morgan fingerprint density at radius 2 is 1.71 bits per heavy atom. The van der Waals surface area contributed by atoms with Crippen molar-refractivity contribution < 1.29 is 37.7 Å². The summed E-state index contributed by atoms with van der Waals surface area (Å²) in [6, 6.07) is 7.98. The summed E-state index contributed by atoms with van der Waals surface area (Å²) in [4.78, 5) is 38.1. The van der Waals surface area contributed by atoms with Gasteiger partial charge in [0.2, 0.25) is 21.9 Å². The summed E-state index contributed by atoms with van der Waals surface area (Å²) >= 11 is 0.977. The molecular formula is C26H28N6O9S. The molecule has 16 heteroatoms. The molecule has 0 spiro atoms. The minimum absolute atomic E-state index is 0.0823. The van der Waals surface area contributed by atoms with Crippen molar-refractivity contribution in [1.29, 1.82) is 0 Å². The average molecular weight is 601 g/mol. The van der Waals surface area contributed by atoms with Crippen molar-refractivity contribution in [3.05, 3.63) is 52.7 Å². The second-order valence-corrected chi connectivity index (χ2v) is 9.44. The van der Waals surface area contributed by atoms with Crippen LogP contribution < -0.4 is 30.5 Å². The number of anilines is 2. The average Bonchev–Trinajstić information content (AvgIpc) is 3.62. The van der Waals surface area contributed by atoms with Gasteiger partial charge in [0.1, 0.15) is 23.4 Å². The second kappa shape index (κ2) is 13.7. The van der Waals surface area contributed by atoms with Gasteiger partial charge in [0.05, 0.1) is 39.2 Å². The topological polar surface area (TPSA) is 178 Å². The summed E-state index contributed by atoms with van der Waals surface area (Å²) in [5, 5.41) is 17.6. The zero-order chi connectivity index (χ0) is 30.2. The van der Waals surface area contributed by atoms with Crippen molar-refractivity contribution in [3.63, 3.8) is 0 Å². The first-order valence-electron chi connectivity index (χ1n) is 12.3. The van der Waals surface area contributed by atoms with Crippen LogP contribution in [0.4, 0.5) is 10.9 Å². The van der Waals surface area contributed by atoms with Gasteiger partial charge < -0.3 is 33.4 Å². The van der Waals surface area contributed by atoms with E-state index in [1.54, 1.807) is 24.3 Å². The molecule has 3 heterocycles. The van der Waals surface area contributed by atoms with Crippen LogP contribution in [-0.4, -0.2) is 79.5 Å². The second-order valence-electron chi connectivity index (χ2n) is 8.48. The van der Waals surface area contributed by atoms with Gasteiger partial charge in [-0.1, -0.05) is 17.4 Å². The zero-order valence-corrected chi connectivity index (χ0v) is 24.1. The van der Waals surface area contributed by atoms with E-state index in [0.29, 0.717) is 22.9 Å². The molecule has 0 aliphatic heterocycles. The van der Waals surface area contributed by atoms with E-state index >= 15 is 0 Å². The standard InChI is InChI=1S/C26H28N6O9S/c1-14(33)28-20-9-10-27-32(20)26-31-30-25(42-26)29-23(34)19-11-16(21-17(38-4)7-6-8-18(21)39-5)22(24(35)41-19)40-15(12-36-2)13-37-3/h6-11,15H,12-13H2,1-5H3,(H,28,33)(H,29,30,34). The number of nitrogens with zero attached hydrogens (tertiary/aromatic N) is 4. The number of nitrogens with one attached hydrogen (secondary N) is 2. The van der Waals surface area contributed by atoms with Crippen LogP contribution in [0.15, 0.2) is 45.7 Å². The molecule has 4 rings (SSSR count). The highest BCUT2D eigenvalue weighted by atomic mass is 32.1. The SMILES string of the molecule is COCC(COC)Oc1c(-c2c(OC)cccc2OC)cc(C(=O)Nc2nnc(-n3nccc3NC(C)=O)s2)oc1=O. The minimum Gasteiger partial charge on any atom is -0.496 e. The third kappa shape index (κ3) is 6.73. The largest absolute Gasteiger partial charge is 0.496 e. The van der Waals surface area contributed by atoms with E-state index < -0.39 is 17.6 Å². The maximum absolute atomic E-state index is 13.3. The van der Waals surface area contributed by atoms with Crippen LogP contribution in [0, 0.1) is 0 Å². The first-order valence-corrected chi connectivity index (χ1v) is 13.1. The molecule has 0 unspecified atom stereocenters. The minimum atomic E-state index is -0.933. The number of methoxy groups -OCH3 is 4. The van der Waals surface area contributed by atoms with E-state index in [1.807, 2.05) is 0 Å². The lowest BCUT2D eigenvalue weighted by atomic mass is 10.0. The van der Waals surface area contributed by atoms with E-state index in [0.717, 1.165) is 11.3 Å². The highest BCUT2D eigenvalue weighted by Crippen LogP contribution is 2.42. The van der Waals surface area contributed by atoms with Crippen molar-refractivity contribution in [2.45, 2.75) is 13.0 Å². The highest BCUT2D eigenvalue weighted by Gasteiger charge is 2.26. The molecule has 0 aliphatic rings. The quantitative estimate of drug-likeness (QED) is 0.230. The van der Waals surface area contributed by atoms with Gasteiger partial charge >= 0.3 is 5.63 Å². The predicted molar refractivity (Wildman–Crippen MR) is 151 cm³/mol. The molecule has 2 N–H and O–H groups in total. The van der Waals surface area contributed by atoms with Crippen LogP contribution in [-0.2, 0) is 14.3 Å². The van der Waals surface area contributed by atoms with Crippen molar-refractivity contribution in [2.75, 3.05) is 52.3 Å². The molecular weight excluding hydrogens is 572 g/mol. The molecule has 1 aromatic carbocycles. The molecule has 0 fully saturated rings. The van der Waals surface area contributed by atoms with E-state index in [-0.39, 0.29) is 46.5 Å². The Morgan fingerprint density at radius 1 is 1.02 bits per heavy atom. The Labute approximate surface area is 243 Å². The van der Waals surface area contributed by atoms with Gasteiger partial charge in [-0.2, -0.15) is 9.78 Å². The lowest BCUT2D eigenvalue weighted by Gasteiger charge is -2.20. The molecule has 0 saturated carbocycles. The number of amides is 2. The summed E-state index contributed by atoms with van der Waals surface area (Å²) in [5.74, 6) is -0.548. The Bertz CT molecular complexity index is 1590. The number of hydrogen-bond donors (Lipinski definition) is 2. The number of hydrogen-bond acceptors (Lipinski definition) is 13. The first-order chi connectivity index (χ1) is 20.3. The van der Waals surface area contributed by atoms with E-state index in [4.69, 9.17) is 28.1 Å². The van der Waals surface area contributed by atoms with Crippen LogP contribution in [0.2, 0.25) is 0 Å². The maximum atomic E-state index is 13.3. The van der Waals surface area contributed by atoms with Crippen LogP contribution in [0.25, 0.3) is 16.3 Å². The van der Waals surface area contributed by atoms with Gasteiger partial charge in [-0.15, -0.1) is 10.2 Å². The number of benzene rings is 1. The van der Waals surface area contributed by atoms with E-state index in [1.165, 1.54) is 52.3 Å². The third-order valence-electron chi connectivity index (χ3n) is 5.58. The summed E-state index contributed by atoms with van der Waals surface area (Å²) in [6.45, 7) is 1.58. The Morgan fingerprint density at radius 3 is 2.33 bits per heavy atom. The van der Waals surface area contributed by atoms with Crippen molar-refractivity contribution in [2.24, 2.45) is 0 Å². The van der Waals surface area contributed by atoms with Crippen molar-refractivity contribution in [1.82, 2.24) is 20.0 Å². The van der Waals surface area contributed by atoms with Crippen LogP contribution in [0.3, 0.4) is 0 Å². The lowest BCUT2D eigenvalue weighted by Crippen LogP contribution is -2.30. The zero-order valence-electron chi connectivity index (χ0n) is 23.3. The third-order valence-corrected chi connectivity index (χ3v) is 6.40. The van der Waals surface area contributed by atoms with Crippen molar-refractivity contribution >= 4 is 34.1 Å². The maximum Gasteiger partial charge on any atom is 0.379 e. The molecule has 0 radical (unpaired) electrons. The van der Waals surface area contributed by atoms with Gasteiger partial charge in [-0.05, 0) is 18.2 Å². The number of ether oxygens (including phenoxy) is 5. The molecule has 0 aliphatic carbocycles. The van der Waals surface area contributed by atoms with Crippen LogP contribution in [0.1, 0.15) is 17.5 Å². The summed E-state index contributed by atoms with van der Waals surface area (Å²) in [5.41, 5.74) is -0.398. The number of carbonyl (C=O) groups excluding carboxylic acids is 2. The molecule has 42 heavy (non-hydrogen) atoms. The predicted octanol–water partition coefficient (Wildman–Crippen LogP) is 2.61. The summed E-state index contributed by atoms with van der Waals surface area (Å²) in [6.07, 6.45) is 0.798. The summed E-state index contributed by atoms with van der Waals surface area (Å²) < 4.78 is 34.2. The number of carbonyl (C=O) groups is 2. The number of rotatable bonds is 13. The Kier molecular flexibility index (Phi) is 9.85. The fourth-order valence-corrected chi connectivity index (χ4v) is 4.62. The molecule has 2 amide bonds. The van der Waals surface area contributed by atoms with Crippen LogP contribution in [0.5, 0.6) is 17.2 Å². The molecule has 222 valence electrons. The molecule has 0 saturated heterocycles. The van der Waals surface area contributed by atoms with Gasteiger partial charge in [-0.25, -0.2) is 4.79 Å². The van der Waals surface area contributed by atoms with Gasteiger partial charge in [0.25, 0.3) is 5.91 Å². The molecule has 0 atom stereocenters. The first kappa shape index (κ1) is 30.2. The molecule has 15 nitrogen and oxygen atoms in total. The Hall–Kier alpha value is -4.80. The molecule has 3 aromatic heterocycles. The van der Waals surface area contributed by atoms with Crippen LogP contribution >= 0.6 is 11.3 Å². The summed E-state index contributed by atoms with van der Waals surface area (Å²) in [7, 11) is 5.89. The fraction of sp³-hybridized carbons (Fsp3) is 0.308. The van der Waals surface area contributed by atoms with Gasteiger partial charge in [0.15, 0.2) is 5.76 Å². The molecule has 0 bridgehead atoms. The normalized spacial score (nSPS) is 10.9. The monoisotopic (exact) mass is 600 g/mol. The van der Waals surface area contributed by atoms with Gasteiger partial charge in [0, 0.05) is 32.8 Å². The Balaban J connectivity index is 1.73. The highest BCUT2D eigenvalue weighted by molar-refractivity contribution is 7.17. The fourth-order valence-electron chi connectivity index (χ4n) is 3.90. The number of aromatic nitrogens is 4. The van der Waals surface area contributed by atoms with Gasteiger partial charge in [-0.3, -0.25) is 14.9 Å².